The first kappa shape index (κ1) is 18.1. The van der Waals surface area contributed by atoms with Gasteiger partial charge < -0.3 is 10.6 Å². The molecule has 136 valence electrons. The molecule has 4 amide bonds. The summed E-state index contributed by atoms with van der Waals surface area (Å²) in [6.07, 6.45) is 0. The van der Waals surface area contributed by atoms with Crippen LogP contribution in [0.25, 0.3) is 0 Å². The Morgan fingerprint density at radius 3 is 2.59 bits per heavy atom. The lowest BCUT2D eigenvalue weighted by Gasteiger charge is -2.22. The molecule has 0 radical (unpaired) electrons. The number of aryl methyl sites for hydroxylation is 1. The number of nitrogens with zero attached hydrogens (tertiary/aromatic N) is 2. The van der Waals surface area contributed by atoms with Gasteiger partial charge in [-0.05, 0) is 37.6 Å². The van der Waals surface area contributed by atoms with E-state index in [4.69, 9.17) is 5.26 Å². The average molecular weight is 362 g/mol. The van der Waals surface area contributed by atoms with E-state index in [0.29, 0.717) is 16.8 Å². The molecule has 3 rings (SSSR count). The van der Waals surface area contributed by atoms with Crippen molar-refractivity contribution < 1.29 is 14.4 Å². The van der Waals surface area contributed by atoms with E-state index >= 15 is 0 Å². The van der Waals surface area contributed by atoms with Gasteiger partial charge in [0.15, 0.2) is 0 Å². The smallest absolute Gasteiger partial charge is 0.324 e. The Balaban J connectivity index is 1.74. The summed E-state index contributed by atoms with van der Waals surface area (Å²) >= 11 is 0. The number of rotatable bonds is 4. The Morgan fingerprint density at radius 2 is 1.93 bits per heavy atom. The van der Waals surface area contributed by atoms with Crippen molar-refractivity contribution in [2.45, 2.75) is 19.4 Å². The quantitative estimate of drug-likeness (QED) is 0.815. The topological polar surface area (TPSA) is 102 Å². The number of imide groups is 1. The number of benzene rings is 2. The fourth-order valence-corrected chi connectivity index (χ4v) is 2.93. The second kappa shape index (κ2) is 6.92. The van der Waals surface area contributed by atoms with Crippen molar-refractivity contribution in [3.8, 4) is 6.07 Å². The molecular formula is C20H18N4O3. The molecule has 0 bridgehead atoms. The van der Waals surface area contributed by atoms with Gasteiger partial charge in [-0.2, -0.15) is 5.26 Å². The molecule has 7 nitrogen and oxygen atoms in total. The number of carbonyl (C=O) groups is 3. The number of hydrogen-bond donors (Lipinski definition) is 2. The lowest BCUT2D eigenvalue weighted by Crippen LogP contribution is -2.42. The summed E-state index contributed by atoms with van der Waals surface area (Å²) in [5.74, 6) is -1.01. The summed E-state index contributed by atoms with van der Waals surface area (Å²) < 4.78 is 0. The molecule has 0 unspecified atom stereocenters. The fourth-order valence-electron chi connectivity index (χ4n) is 2.93. The van der Waals surface area contributed by atoms with Gasteiger partial charge in [0.2, 0.25) is 5.91 Å². The normalized spacial score (nSPS) is 18.8. The average Bonchev–Trinajstić information content (AvgIpc) is 2.86. The maximum Gasteiger partial charge on any atom is 0.325 e. The van der Waals surface area contributed by atoms with E-state index in [0.717, 1.165) is 10.5 Å². The van der Waals surface area contributed by atoms with Crippen LogP contribution in [0.4, 0.5) is 10.5 Å². The van der Waals surface area contributed by atoms with Crippen LogP contribution in [0.1, 0.15) is 23.6 Å². The van der Waals surface area contributed by atoms with E-state index in [1.54, 1.807) is 37.3 Å². The van der Waals surface area contributed by atoms with Crippen molar-refractivity contribution in [3.63, 3.8) is 0 Å². The van der Waals surface area contributed by atoms with Crippen molar-refractivity contribution in [1.82, 2.24) is 10.2 Å². The lowest BCUT2D eigenvalue weighted by molar-refractivity contribution is -0.133. The van der Waals surface area contributed by atoms with Crippen LogP contribution in [-0.4, -0.2) is 29.3 Å². The van der Waals surface area contributed by atoms with Crippen LogP contribution in [0, 0.1) is 18.3 Å². The summed E-state index contributed by atoms with van der Waals surface area (Å²) in [5, 5.41) is 14.2. The molecule has 2 N–H and O–H groups in total. The van der Waals surface area contributed by atoms with E-state index in [-0.39, 0.29) is 0 Å². The predicted molar refractivity (Wildman–Crippen MR) is 98.6 cm³/mol. The Hall–Kier alpha value is -3.66. The molecule has 0 spiro atoms. The van der Waals surface area contributed by atoms with Gasteiger partial charge in [0.1, 0.15) is 12.1 Å². The van der Waals surface area contributed by atoms with Crippen LogP contribution in [0.15, 0.2) is 48.5 Å². The van der Waals surface area contributed by atoms with E-state index in [9.17, 15) is 14.4 Å². The molecule has 1 atom stereocenters. The Kier molecular flexibility index (Phi) is 4.65. The van der Waals surface area contributed by atoms with Gasteiger partial charge in [-0.25, -0.2) is 4.79 Å². The van der Waals surface area contributed by atoms with Gasteiger partial charge in [0.05, 0.1) is 11.6 Å². The van der Waals surface area contributed by atoms with Crippen molar-refractivity contribution in [1.29, 1.82) is 5.26 Å². The second-order valence-corrected chi connectivity index (χ2v) is 6.55. The third kappa shape index (κ3) is 3.51. The number of nitrogens with one attached hydrogen (secondary N) is 2. The predicted octanol–water partition coefficient (Wildman–Crippen LogP) is 2.27. The molecule has 1 heterocycles. The molecule has 2 aromatic carbocycles. The highest BCUT2D eigenvalue weighted by Gasteiger charge is 2.49. The number of nitriles is 1. The fraction of sp³-hybridized carbons (Fsp3) is 0.200. The summed E-state index contributed by atoms with van der Waals surface area (Å²) in [4.78, 5) is 38.3. The maximum atomic E-state index is 12.8. The minimum atomic E-state index is -1.22. The zero-order valence-electron chi connectivity index (χ0n) is 14.9. The molecule has 0 aromatic heterocycles. The number of urea groups is 1. The highest BCUT2D eigenvalue weighted by molar-refractivity contribution is 6.10. The highest BCUT2D eigenvalue weighted by Crippen LogP contribution is 2.29. The summed E-state index contributed by atoms with van der Waals surface area (Å²) in [7, 11) is 0. The van der Waals surface area contributed by atoms with Gasteiger partial charge in [-0.1, -0.05) is 35.9 Å². The molecule has 2 aromatic rings. The van der Waals surface area contributed by atoms with Gasteiger partial charge in [0, 0.05) is 5.69 Å². The van der Waals surface area contributed by atoms with Gasteiger partial charge in [-0.15, -0.1) is 0 Å². The molecule has 0 aliphatic carbocycles. The first-order valence-electron chi connectivity index (χ1n) is 8.35. The molecule has 1 aliphatic rings. The lowest BCUT2D eigenvalue weighted by atomic mass is 9.91. The van der Waals surface area contributed by atoms with Crippen molar-refractivity contribution >= 4 is 23.5 Å². The van der Waals surface area contributed by atoms with Crippen molar-refractivity contribution in [2.24, 2.45) is 0 Å². The van der Waals surface area contributed by atoms with Crippen molar-refractivity contribution in [2.75, 3.05) is 11.9 Å². The number of anilines is 1. The Morgan fingerprint density at radius 1 is 1.22 bits per heavy atom. The zero-order valence-corrected chi connectivity index (χ0v) is 14.9. The third-order valence-corrected chi connectivity index (χ3v) is 4.48. The zero-order chi connectivity index (χ0) is 19.6. The molecule has 1 aliphatic heterocycles. The monoisotopic (exact) mass is 362 g/mol. The van der Waals surface area contributed by atoms with Crippen molar-refractivity contribution in [3.05, 3.63) is 65.2 Å². The molecule has 1 saturated heterocycles. The molecule has 1 fully saturated rings. The summed E-state index contributed by atoms with van der Waals surface area (Å²) in [5.41, 5.74) is 1.29. The minimum Gasteiger partial charge on any atom is -0.324 e. The summed E-state index contributed by atoms with van der Waals surface area (Å²) in [6.45, 7) is 3.13. The van der Waals surface area contributed by atoms with E-state index < -0.39 is 29.9 Å². The van der Waals surface area contributed by atoms with E-state index in [2.05, 4.69) is 10.6 Å². The van der Waals surface area contributed by atoms with Gasteiger partial charge >= 0.3 is 6.03 Å². The Bertz CT molecular complexity index is 962. The number of carbonyl (C=O) groups excluding carboxylic acids is 3. The molecule has 27 heavy (non-hydrogen) atoms. The van der Waals surface area contributed by atoms with E-state index in [1.165, 1.54) is 6.07 Å². The van der Waals surface area contributed by atoms with E-state index in [1.807, 2.05) is 25.1 Å². The Labute approximate surface area is 156 Å². The van der Waals surface area contributed by atoms with Crippen LogP contribution < -0.4 is 10.6 Å². The number of amides is 4. The first-order valence-corrected chi connectivity index (χ1v) is 8.35. The SMILES string of the molecule is Cc1ccc([C@@]2(C)NC(=O)N(CC(=O)Nc3cccc(C#N)c3)C2=O)cc1. The number of hydrogen-bond acceptors (Lipinski definition) is 4. The van der Waals surface area contributed by atoms with Crippen LogP contribution in [-0.2, 0) is 15.1 Å². The van der Waals surface area contributed by atoms with Crippen LogP contribution in [0.2, 0.25) is 0 Å². The molecule has 0 saturated carbocycles. The largest absolute Gasteiger partial charge is 0.325 e. The molecule has 7 heteroatoms. The summed E-state index contributed by atoms with van der Waals surface area (Å²) in [6, 6.07) is 15.0. The second-order valence-electron chi connectivity index (χ2n) is 6.55. The standard InChI is InChI=1S/C20H18N4O3/c1-13-6-8-15(9-7-13)20(2)18(26)24(19(27)23-20)12-17(25)22-16-5-3-4-14(10-16)11-21/h3-10H,12H2,1-2H3,(H,22,25)(H,23,27)/t20-/m1/s1. The highest BCUT2D eigenvalue weighted by atomic mass is 16.2. The van der Waals surface area contributed by atoms with Gasteiger partial charge in [0.25, 0.3) is 5.91 Å². The minimum absolute atomic E-state index is 0.398. The van der Waals surface area contributed by atoms with Crippen LogP contribution in [0.3, 0.4) is 0 Å². The third-order valence-electron chi connectivity index (χ3n) is 4.48. The molecular weight excluding hydrogens is 344 g/mol. The maximum absolute atomic E-state index is 12.8. The van der Waals surface area contributed by atoms with Crippen LogP contribution in [0.5, 0.6) is 0 Å². The van der Waals surface area contributed by atoms with Gasteiger partial charge in [-0.3, -0.25) is 14.5 Å². The van der Waals surface area contributed by atoms with Crippen LogP contribution >= 0.6 is 0 Å². The first-order chi connectivity index (χ1) is 12.8.